The van der Waals surface area contributed by atoms with Crippen LogP contribution in [-0.2, 0) is 0 Å². The van der Waals surface area contributed by atoms with E-state index in [2.05, 4.69) is 29.4 Å². The first-order valence-corrected chi connectivity index (χ1v) is 5.56. The number of oxazole rings is 1. The Morgan fingerprint density at radius 2 is 2.00 bits per heavy atom. The van der Waals surface area contributed by atoms with Crippen LogP contribution in [0, 0.1) is 6.92 Å². The highest BCUT2D eigenvalue weighted by molar-refractivity contribution is 5.53. The maximum Gasteiger partial charge on any atom is 0.226 e. The van der Waals surface area contributed by atoms with E-state index in [0.717, 1.165) is 30.3 Å². The number of aryl methyl sites for hydroxylation is 1. The molecule has 3 rings (SSSR count). The molecule has 0 radical (unpaired) electrons. The summed E-state index contributed by atoms with van der Waals surface area (Å²) in [5.74, 6) is 2.22. The smallest absolute Gasteiger partial charge is 0.226 e. The van der Waals surface area contributed by atoms with Crippen molar-refractivity contribution in [1.29, 1.82) is 0 Å². The molecule has 1 aliphatic heterocycles. The Balaban J connectivity index is 1.88. The summed E-state index contributed by atoms with van der Waals surface area (Å²) < 4.78 is 5.76. The molecule has 1 aliphatic rings. The van der Waals surface area contributed by atoms with Crippen molar-refractivity contribution in [3.05, 3.63) is 41.8 Å². The molecule has 0 bridgehead atoms. The molecule has 1 aromatic carbocycles. The van der Waals surface area contributed by atoms with Crippen LogP contribution in [0.2, 0.25) is 0 Å². The second-order valence-electron chi connectivity index (χ2n) is 4.29. The molecule has 1 fully saturated rings. The maximum atomic E-state index is 5.76. The van der Waals surface area contributed by atoms with Crippen LogP contribution in [-0.4, -0.2) is 18.1 Å². The third-order valence-corrected chi connectivity index (χ3v) is 3.01. The van der Waals surface area contributed by atoms with E-state index in [9.17, 15) is 0 Å². The van der Waals surface area contributed by atoms with Gasteiger partial charge in [-0.2, -0.15) is 0 Å². The van der Waals surface area contributed by atoms with Gasteiger partial charge in [0.1, 0.15) is 5.76 Å². The van der Waals surface area contributed by atoms with Gasteiger partial charge in [0.05, 0.1) is 6.20 Å². The van der Waals surface area contributed by atoms with Gasteiger partial charge in [-0.3, -0.25) is 0 Å². The van der Waals surface area contributed by atoms with Crippen LogP contribution < -0.4 is 5.32 Å². The van der Waals surface area contributed by atoms with E-state index in [1.807, 2.05) is 18.3 Å². The third kappa shape index (κ3) is 1.63. The topological polar surface area (TPSA) is 38.1 Å². The first kappa shape index (κ1) is 9.60. The standard InChI is InChI=1S/C13H14N2O/c1-9-2-4-10(5-3-9)13-15-8-12(16-13)11-6-14-7-11/h2-5,8,11,14H,6-7H2,1H3. The molecule has 0 aliphatic carbocycles. The van der Waals surface area contributed by atoms with Crippen LogP contribution in [0.3, 0.4) is 0 Å². The van der Waals surface area contributed by atoms with Crippen LogP contribution >= 0.6 is 0 Å². The summed E-state index contributed by atoms with van der Waals surface area (Å²) in [5, 5.41) is 3.23. The van der Waals surface area contributed by atoms with Gasteiger partial charge in [-0.15, -0.1) is 0 Å². The molecule has 3 nitrogen and oxygen atoms in total. The summed E-state index contributed by atoms with van der Waals surface area (Å²) in [6.07, 6.45) is 1.85. The fraction of sp³-hybridized carbons (Fsp3) is 0.308. The molecule has 0 unspecified atom stereocenters. The number of nitrogens with zero attached hydrogens (tertiary/aromatic N) is 1. The SMILES string of the molecule is Cc1ccc(-c2ncc(C3CNC3)o2)cc1. The molecular weight excluding hydrogens is 200 g/mol. The molecule has 0 amide bonds. The molecule has 0 spiro atoms. The predicted octanol–water partition coefficient (Wildman–Crippen LogP) is 2.34. The number of nitrogens with one attached hydrogen (secondary N) is 1. The maximum absolute atomic E-state index is 5.76. The van der Waals surface area contributed by atoms with Gasteiger partial charge in [-0.25, -0.2) is 4.98 Å². The Hall–Kier alpha value is -1.61. The Bertz CT molecular complexity index is 483. The zero-order valence-electron chi connectivity index (χ0n) is 9.23. The second kappa shape index (κ2) is 3.76. The number of hydrogen-bond donors (Lipinski definition) is 1. The average molecular weight is 214 g/mol. The van der Waals surface area contributed by atoms with Crippen molar-refractivity contribution in [3.63, 3.8) is 0 Å². The molecule has 16 heavy (non-hydrogen) atoms. The van der Waals surface area contributed by atoms with E-state index >= 15 is 0 Å². The fourth-order valence-electron chi connectivity index (χ4n) is 1.79. The van der Waals surface area contributed by atoms with Crippen molar-refractivity contribution in [2.75, 3.05) is 13.1 Å². The van der Waals surface area contributed by atoms with E-state index in [-0.39, 0.29) is 0 Å². The summed E-state index contributed by atoms with van der Waals surface area (Å²) in [5.41, 5.74) is 2.29. The first-order valence-electron chi connectivity index (χ1n) is 5.56. The monoisotopic (exact) mass is 214 g/mol. The largest absolute Gasteiger partial charge is 0.441 e. The van der Waals surface area contributed by atoms with Gasteiger partial charge in [0.2, 0.25) is 5.89 Å². The normalized spacial score (nSPS) is 16.1. The molecule has 1 saturated heterocycles. The Labute approximate surface area is 94.5 Å². The van der Waals surface area contributed by atoms with Crippen LogP contribution in [0.4, 0.5) is 0 Å². The summed E-state index contributed by atoms with van der Waals surface area (Å²) in [6.45, 7) is 4.08. The highest BCUT2D eigenvalue weighted by Gasteiger charge is 2.23. The van der Waals surface area contributed by atoms with Gasteiger partial charge >= 0.3 is 0 Å². The molecule has 0 saturated carbocycles. The minimum atomic E-state index is 0.506. The second-order valence-corrected chi connectivity index (χ2v) is 4.29. The summed E-state index contributed by atoms with van der Waals surface area (Å²) >= 11 is 0. The highest BCUT2D eigenvalue weighted by Crippen LogP contribution is 2.25. The number of benzene rings is 1. The molecule has 1 aromatic heterocycles. The fourth-order valence-corrected chi connectivity index (χ4v) is 1.79. The quantitative estimate of drug-likeness (QED) is 0.833. The van der Waals surface area contributed by atoms with Crippen LogP contribution in [0.1, 0.15) is 17.2 Å². The lowest BCUT2D eigenvalue weighted by atomic mass is 10.0. The van der Waals surface area contributed by atoms with Gasteiger partial charge in [-0.05, 0) is 19.1 Å². The van der Waals surface area contributed by atoms with Crippen molar-refractivity contribution in [2.24, 2.45) is 0 Å². The Kier molecular flexibility index (Phi) is 2.26. The van der Waals surface area contributed by atoms with Crippen molar-refractivity contribution < 1.29 is 4.42 Å². The molecule has 82 valence electrons. The van der Waals surface area contributed by atoms with Crippen molar-refractivity contribution in [2.45, 2.75) is 12.8 Å². The van der Waals surface area contributed by atoms with Crippen molar-refractivity contribution >= 4 is 0 Å². The lowest BCUT2D eigenvalue weighted by Crippen LogP contribution is -2.39. The van der Waals surface area contributed by atoms with Crippen LogP contribution in [0.15, 0.2) is 34.9 Å². The van der Waals surface area contributed by atoms with E-state index in [1.54, 1.807) is 0 Å². The average Bonchev–Trinajstić information content (AvgIpc) is 2.65. The Morgan fingerprint density at radius 1 is 1.25 bits per heavy atom. The number of aromatic nitrogens is 1. The molecular formula is C13H14N2O. The van der Waals surface area contributed by atoms with E-state index in [0.29, 0.717) is 5.92 Å². The third-order valence-electron chi connectivity index (χ3n) is 3.01. The van der Waals surface area contributed by atoms with Crippen LogP contribution in [0.25, 0.3) is 11.5 Å². The van der Waals surface area contributed by atoms with E-state index < -0.39 is 0 Å². The van der Waals surface area contributed by atoms with Gasteiger partial charge in [0, 0.05) is 24.6 Å². The summed E-state index contributed by atoms with van der Waals surface area (Å²) in [7, 11) is 0. The zero-order valence-corrected chi connectivity index (χ0v) is 9.23. The van der Waals surface area contributed by atoms with Crippen LogP contribution in [0.5, 0.6) is 0 Å². The molecule has 2 aromatic rings. The van der Waals surface area contributed by atoms with Gasteiger partial charge in [0.15, 0.2) is 0 Å². The minimum absolute atomic E-state index is 0.506. The van der Waals surface area contributed by atoms with E-state index in [1.165, 1.54) is 5.56 Å². The molecule has 2 heterocycles. The number of hydrogen-bond acceptors (Lipinski definition) is 3. The predicted molar refractivity (Wildman–Crippen MR) is 62.3 cm³/mol. The van der Waals surface area contributed by atoms with Crippen molar-refractivity contribution in [3.8, 4) is 11.5 Å². The lowest BCUT2D eigenvalue weighted by molar-refractivity contribution is 0.373. The lowest BCUT2D eigenvalue weighted by Gasteiger charge is -2.24. The number of rotatable bonds is 2. The molecule has 0 atom stereocenters. The van der Waals surface area contributed by atoms with Crippen molar-refractivity contribution in [1.82, 2.24) is 10.3 Å². The molecule has 3 heteroatoms. The minimum Gasteiger partial charge on any atom is -0.441 e. The summed E-state index contributed by atoms with van der Waals surface area (Å²) in [6, 6.07) is 8.24. The Morgan fingerprint density at radius 3 is 2.62 bits per heavy atom. The van der Waals surface area contributed by atoms with Gasteiger partial charge in [-0.1, -0.05) is 17.7 Å². The van der Waals surface area contributed by atoms with Gasteiger partial charge in [0.25, 0.3) is 0 Å². The first-order chi connectivity index (χ1) is 7.83. The molecule has 1 N–H and O–H groups in total. The zero-order chi connectivity index (χ0) is 11.0. The van der Waals surface area contributed by atoms with E-state index in [4.69, 9.17) is 4.42 Å². The summed E-state index contributed by atoms with van der Waals surface area (Å²) in [4.78, 5) is 4.32. The van der Waals surface area contributed by atoms with Gasteiger partial charge < -0.3 is 9.73 Å². The highest BCUT2D eigenvalue weighted by atomic mass is 16.4.